The van der Waals surface area contributed by atoms with Crippen LogP contribution in [-0.4, -0.2) is 61.4 Å². The molecule has 7 nitrogen and oxygen atoms in total. The van der Waals surface area contributed by atoms with E-state index in [0.717, 1.165) is 22.4 Å². The summed E-state index contributed by atoms with van der Waals surface area (Å²) in [6.07, 6.45) is 2.85. The summed E-state index contributed by atoms with van der Waals surface area (Å²) >= 11 is 0. The number of imidazole rings is 1. The van der Waals surface area contributed by atoms with E-state index in [0.29, 0.717) is 60.9 Å². The highest BCUT2D eigenvalue weighted by molar-refractivity contribution is 6.33. The number of urea groups is 1. The average Bonchev–Trinajstić information content (AvgIpc) is 3.64. The molecule has 224 valence electrons. The molecule has 1 atom stereocenters. The molecular formula is C32H31F4N5O2. The Morgan fingerprint density at radius 1 is 1.05 bits per heavy atom. The number of carbonyl (C=O) groups excluding carboxylic acids is 2. The van der Waals surface area contributed by atoms with Gasteiger partial charge in [-0.2, -0.15) is 13.2 Å². The number of hydrogen-bond acceptors (Lipinski definition) is 3. The Kier molecular flexibility index (Phi) is 6.59. The number of allylic oxidation sites excluding steroid dienone is 2. The number of halogens is 4. The maximum Gasteiger partial charge on any atom is 0.391 e. The summed E-state index contributed by atoms with van der Waals surface area (Å²) in [4.78, 5) is 34.6. The first kappa shape index (κ1) is 27.7. The number of piperidine rings is 1. The molecule has 43 heavy (non-hydrogen) atoms. The van der Waals surface area contributed by atoms with E-state index in [9.17, 15) is 22.8 Å². The van der Waals surface area contributed by atoms with Crippen LogP contribution in [0.15, 0.2) is 48.9 Å². The monoisotopic (exact) mass is 593 g/mol. The lowest BCUT2D eigenvalue weighted by atomic mass is 9.85. The highest BCUT2D eigenvalue weighted by Crippen LogP contribution is 2.42. The molecule has 1 aromatic carbocycles. The third-order valence-electron chi connectivity index (χ3n) is 9.47. The fourth-order valence-corrected chi connectivity index (χ4v) is 7.10. The van der Waals surface area contributed by atoms with Gasteiger partial charge >= 0.3 is 12.2 Å². The number of ketones is 1. The molecule has 7 rings (SSSR count). The second kappa shape index (κ2) is 10.2. The lowest BCUT2D eigenvalue weighted by molar-refractivity contribution is -0.186. The van der Waals surface area contributed by atoms with Crippen LogP contribution in [0.5, 0.6) is 0 Å². The molecule has 2 aliphatic heterocycles. The number of pyridine rings is 1. The van der Waals surface area contributed by atoms with Gasteiger partial charge in [0.1, 0.15) is 11.5 Å². The van der Waals surface area contributed by atoms with E-state index in [1.807, 2.05) is 39.6 Å². The molecule has 1 unspecified atom stereocenters. The molecule has 0 bridgehead atoms. The topological polar surface area (TPSA) is 62.9 Å². The lowest BCUT2D eigenvalue weighted by Gasteiger charge is -2.37. The molecule has 1 fully saturated rings. The second-order valence-corrected chi connectivity index (χ2v) is 11.9. The van der Waals surface area contributed by atoms with Gasteiger partial charge in [0, 0.05) is 68.1 Å². The van der Waals surface area contributed by atoms with Crippen molar-refractivity contribution in [1.82, 2.24) is 23.8 Å². The lowest BCUT2D eigenvalue weighted by Crippen LogP contribution is -2.48. The van der Waals surface area contributed by atoms with Gasteiger partial charge in [-0.15, -0.1) is 0 Å². The Hall–Kier alpha value is -4.15. The number of rotatable bonds is 3. The Bertz CT molecular complexity index is 1790. The summed E-state index contributed by atoms with van der Waals surface area (Å²) < 4.78 is 58.8. The van der Waals surface area contributed by atoms with Gasteiger partial charge < -0.3 is 14.4 Å². The van der Waals surface area contributed by atoms with Crippen LogP contribution < -0.4 is 0 Å². The fraction of sp³-hybridized carbons (Fsp3) is 0.406. The Morgan fingerprint density at radius 3 is 2.60 bits per heavy atom. The normalized spacial score (nSPS) is 19.1. The van der Waals surface area contributed by atoms with Gasteiger partial charge in [-0.25, -0.2) is 14.2 Å². The van der Waals surface area contributed by atoms with Crippen molar-refractivity contribution in [3.8, 4) is 0 Å². The van der Waals surface area contributed by atoms with Gasteiger partial charge in [-0.3, -0.25) is 9.20 Å². The third kappa shape index (κ3) is 4.69. The number of benzene rings is 1. The molecule has 2 amide bonds. The van der Waals surface area contributed by atoms with Gasteiger partial charge in [-0.05, 0) is 60.6 Å². The number of likely N-dealkylation sites (tertiary alicyclic amines) is 1. The minimum Gasteiger partial charge on any atom is -0.345 e. The number of Topliss-reactive ketones (excluding diaryl/α,β-unsaturated/α-hetero) is 1. The van der Waals surface area contributed by atoms with Crippen molar-refractivity contribution < 1.29 is 27.2 Å². The van der Waals surface area contributed by atoms with E-state index < -0.39 is 23.8 Å². The molecule has 4 aromatic rings. The van der Waals surface area contributed by atoms with E-state index in [4.69, 9.17) is 0 Å². The maximum atomic E-state index is 15.2. The zero-order valence-electron chi connectivity index (χ0n) is 23.7. The molecule has 0 radical (unpaired) electrons. The van der Waals surface area contributed by atoms with Gasteiger partial charge in [-0.1, -0.05) is 13.0 Å². The number of amides is 2. The van der Waals surface area contributed by atoms with E-state index in [1.165, 1.54) is 19.1 Å². The SMILES string of the molecule is CC(C1CCN(C(=O)N2CCn3cc(C4=C(c5cnc6ccccn56)CCC4=O)c4cc(F)cc(c43)C2)CC1)C(F)(F)F. The van der Waals surface area contributed by atoms with E-state index >= 15 is 4.39 Å². The van der Waals surface area contributed by atoms with E-state index in [-0.39, 0.29) is 31.4 Å². The van der Waals surface area contributed by atoms with Gasteiger partial charge in [0.2, 0.25) is 0 Å². The molecule has 5 heterocycles. The van der Waals surface area contributed by atoms with Crippen molar-refractivity contribution in [2.75, 3.05) is 19.6 Å². The summed E-state index contributed by atoms with van der Waals surface area (Å²) in [5.41, 5.74) is 5.17. The predicted molar refractivity (Wildman–Crippen MR) is 153 cm³/mol. The zero-order valence-corrected chi connectivity index (χ0v) is 23.7. The molecule has 3 aromatic heterocycles. The van der Waals surface area contributed by atoms with Crippen LogP contribution in [0.1, 0.15) is 49.4 Å². The number of aromatic nitrogens is 3. The van der Waals surface area contributed by atoms with Crippen molar-refractivity contribution in [3.05, 3.63) is 71.6 Å². The molecule has 11 heteroatoms. The largest absolute Gasteiger partial charge is 0.391 e. The molecule has 0 spiro atoms. The average molecular weight is 594 g/mol. The standard InChI is InChI=1S/C32H31F4N5O2/c1-19(32(34,35)36)20-7-10-38(11-8-20)31(43)40-13-12-39-18-25(24-15-22(33)14-21(17-40)30(24)39)29-23(5-6-27(29)42)26-16-37-28-4-2-3-9-41(26)28/h2-4,9,14-16,18-20H,5-8,10-13,17H2,1H3. The summed E-state index contributed by atoms with van der Waals surface area (Å²) in [6, 6.07) is 8.36. The number of fused-ring (bicyclic) bond motifs is 1. The molecule has 1 saturated heterocycles. The first-order valence-electron chi connectivity index (χ1n) is 14.7. The predicted octanol–water partition coefficient (Wildman–Crippen LogP) is 6.55. The van der Waals surface area contributed by atoms with Crippen molar-refractivity contribution in [3.63, 3.8) is 0 Å². The minimum atomic E-state index is -4.25. The second-order valence-electron chi connectivity index (χ2n) is 11.9. The molecule has 3 aliphatic rings. The van der Waals surface area contributed by atoms with E-state index in [2.05, 4.69) is 4.98 Å². The summed E-state index contributed by atoms with van der Waals surface area (Å²) in [5, 5.41) is 0.628. The molecule has 1 aliphatic carbocycles. The third-order valence-corrected chi connectivity index (χ3v) is 9.47. The van der Waals surface area contributed by atoms with Crippen molar-refractivity contribution in [1.29, 1.82) is 0 Å². The number of carbonyl (C=O) groups is 2. The van der Waals surface area contributed by atoms with Crippen LogP contribution in [0, 0.1) is 17.7 Å². The van der Waals surface area contributed by atoms with Gasteiger partial charge in [0.15, 0.2) is 5.78 Å². The Labute approximate surface area is 245 Å². The van der Waals surface area contributed by atoms with Crippen LogP contribution in [-0.2, 0) is 17.9 Å². The molecule has 0 saturated carbocycles. The maximum absolute atomic E-state index is 15.2. The minimum absolute atomic E-state index is 0.00264. The fourth-order valence-electron chi connectivity index (χ4n) is 7.10. The van der Waals surface area contributed by atoms with Crippen molar-refractivity contribution in [2.45, 2.75) is 51.9 Å². The first-order chi connectivity index (χ1) is 20.6. The highest BCUT2D eigenvalue weighted by atomic mass is 19.4. The number of alkyl halides is 3. The summed E-state index contributed by atoms with van der Waals surface area (Å²) in [5.74, 6) is -2.37. The van der Waals surface area contributed by atoms with Crippen LogP contribution >= 0.6 is 0 Å². The van der Waals surface area contributed by atoms with Crippen LogP contribution in [0.2, 0.25) is 0 Å². The summed E-state index contributed by atoms with van der Waals surface area (Å²) in [7, 11) is 0. The molecule has 0 N–H and O–H groups in total. The first-order valence-corrected chi connectivity index (χ1v) is 14.7. The highest BCUT2D eigenvalue weighted by Gasteiger charge is 2.42. The Morgan fingerprint density at radius 2 is 1.84 bits per heavy atom. The Balaban J connectivity index is 1.20. The van der Waals surface area contributed by atoms with Crippen LogP contribution in [0.25, 0.3) is 27.7 Å². The summed E-state index contributed by atoms with van der Waals surface area (Å²) in [6.45, 7) is 2.70. The zero-order chi connectivity index (χ0) is 30.0. The number of nitrogens with zero attached hydrogens (tertiary/aromatic N) is 5. The van der Waals surface area contributed by atoms with Crippen LogP contribution in [0.3, 0.4) is 0 Å². The molecular weight excluding hydrogens is 562 g/mol. The number of hydrogen-bond donors (Lipinski definition) is 0. The van der Waals surface area contributed by atoms with Crippen LogP contribution in [0.4, 0.5) is 22.4 Å². The smallest absolute Gasteiger partial charge is 0.345 e. The quantitative estimate of drug-likeness (QED) is 0.253. The van der Waals surface area contributed by atoms with Gasteiger partial charge in [0.05, 0.1) is 23.3 Å². The van der Waals surface area contributed by atoms with Crippen molar-refractivity contribution >= 4 is 39.5 Å². The van der Waals surface area contributed by atoms with Crippen molar-refractivity contribution in [2.24, 2.45) is 11.8 Å². The van der Waals surface area contributed by atoms with Gasteiger partial charge in [0.25, 0.3) is 0 Å². The van der Waals surface area contributed by atoms with E-state index in [1.54, 1.807) is 16.0 Å².